The molecule has 5 nitrogen and oxygen atoms in total. The number of rotatable bonds is 3. The predicted molar refractivity (Wildman–Crippen MR) is 80.9 cm³/mol. The van der Waals surface area contributed by atoms with Gasteiger partial charge in [-0.1, -0.05) is 49.6 Å². The summed E-state index contributed by atoms with van der Waals surface area (Å²) in [5, 5.41) is 2.35. The molecule has 5 heteroatoms. The minimum absolute atomic E-state index is 0.0624. The van der Waals surface area contributed by atoms with Crippen LogP contribution >= 0.6 is 0 Å². The number of carbonyl (C=O) groups excluding carboxylic acids is 3. The number of urea groups is 1. The summed E-state index contributed by atoms with van der Waals surface area (Å²) in [4.78, 5) is 38.1. The van der Waals surface area contributed by atoms with Gasteiger partial charge in [-0.25, -0.2) is 4.79 Å². The molecule has 1 saturated carbocycles. The first kappa shape index (κ1) is 14.8. The Morgan fingerprint density at radius 2 is 1.68 bits per heavy atom. The van der Waals surface area contributed by atoms with Crippen LogP contribution in [0.3, 0.4) is 0 Å². The second-order valence-corrected chi connectivity index (χ2v) is 6.04. The van der Waals surface area contributed by atoms with Crippen LogP contribution in [0.15, 0.2) is 30.3 Å². The van der Waals surface area contributed by atoms with E-state index in [0.717, 1.165) is 37.7 Å². The van der Waals surface area contributed by atoms with E-state index < -0.39 is 17.9 Å². The van der Waals surface area contributed by atoms with Crippen LogP contribution in [0.4, 0.5) is 4.79 Å². The van der Waals surface area contributed by atoms with Gasteiger partial charge in [0, 0.05) is 6.04 Å². The number of imide groups is 2. The summed E-state index contributed by atoms with van der Waals surface area (Å²) in [7, 11) is 0. The van der Waals surface area contributed by atoms with Crippen molar-refractivity contribution < 1.29 is 14.4 Å². The Kier molecular flexibility index (Phi) is 4.22. The highest BCUT2D eigenvalue weighted by molar-refractivity contribution is 6.16. The first-order valence-electron chi connectivity index (χ1n) is 7.88. The van der Waals surface area contributed by atoms with Gasteiger partial charge in [0.1, 0.15) is 5.92 Å². The van der Waals surface area contributed by atoms with Gasteiger partial charge in [-0.2, -0.15) is 0 Å². The van der Waals surface area contributed by atoms with E-state index in [4.69, 9.17) is 0 Å². The fourth-order valence-corrected chi connectivity index (χ4v) is 3.35. The average molecular weight is 300 g/mol. The Labute approximate surface area is 129 Å². The standard InChI is InChI=1S/C17H20N2O3/c20-15-14(11-12-7-3-1-4-8-12)16(21)19(17(22)18-15)13-9-5-2-6-10-13/h1,3-4,7-8,13-14H,2,5-6,9-11H2,(H,18,20,22). The van der Waals surface area contributed by atoms with E-state index >= 15 is 0 Å². The molecule has 1 aromatic rings. The summed E-state index contributed by atoms with van der Waals surface area (Å²) in [6.07, 6.45) is 5.21. The van der Waals surface area contributed by atoms with Crippen molar-refractivity contribution >= 4 is 17.8 Å². The van der Waals surface area contributed by atoms with Crippen molar-refractivity contribution in [3.8, 4) is 0 Å². The molecule has 0 bridgehead atoms. The molecule has 1 saturated heterocycles. The van der Waals surface area contributed by atoms with Gasteiger partial charge in [0.25, 0.3) is 0 Å². The summed E-state index contributed by atoms with van der Waals surface area (Å²) < 4.78 is 0. The third kappa shape index (κ3) is 2.89. The van der Waals surface area contributed by atoms with Gasteiger partial charge in [0.15, 0.2) is 0 Å². The minimum atomic E-state index is -0.804. The molecule has 3 rings (SSSR count). The molecular weight excluding hydrogens is 280 g/mol. The van der Waals surface area contributed by atoms with Crippen LogP contribution in [0, 0.1) is 5.92 Å². The van der Waals surface area contributed by atoms with Gasteiger partial charge in [-0.05, 0) is 24.8 Å². The Balaban J connectivity index is 1.79. The van der Waals surface area contributed by atoms with Gasteiger partial charge in [-0.3, -0.25) is 19.8 Å². The molecule has 22 heavy (non-hydrogen) atoms. The van der Waals surface area contributed by atoms with Crippen molar-refractivity contribution in [1.29, 1.82) is 0 Å². The van der Waals surface area contributed by atoms with Crippen molar-refractivity contribution in [3.63, 3.8) is 0 Å². The largest absolute Gasteiger partial charge is 0.331 e. The molecule has 4 amide bonds. The first-order chi connectivity index (χ1) is 10.7. The number of nitrogens with zero attached hydrogens (tertiary/aromatic N) is 1. The summed E-state index contributed by atoms with van der Waals surface area (Å²) in [6, 6.07) is 8.82. The van der Waals surface area contributed by atoms with E-state index in [-0.39, 0.29) is 11.9 Å². The molecule has 1 heterocycles. The molecule has 116 valence electrons. The lowest BCUT2D eigenvalue weighted by Crippen LogP contribution is -2.61. The summed E-state index contributed by atoms with van der Waals surface area (Å²) in [5.41, 5.74) is 0.925. The maximum atomic E-state index is 12.7. The minimum Gasteiger partial charge on any atom is -0.277 e. The van der Waals surface area contributed by atoms with E-state index in [1.165, 1.54) is 4.90 Å². The Bertz CT molecular complexity index is 579. The smallest absolute Gasteiger partial charge is 0.277 e. The summed E-state index contributed by atoms with van der Waals surface area (Å²) >= 11 is 0. The normalized spacial score (nSPS) is 23.5. The number of amides is 4. The van der Waals surface area contributed by atoms with Crippen LogP contribution in [-0.2, 0) is 16.0 Å². The fourth-order valence-electron chi connectivity index (χ4n) is 3.35. The number of hydrogen-bond donors (Lipinski definition) is 1. The van der Waals surface area contributed by atoms with Crippen molar-refractivity contribution in [3.05, 3.63) is 35.9 Å². The zero-order chi connectivity index (χ0) is 15.5. The molecule has 1 unspecified atom stereocenters. The first-order valence-corrected chi connectivity index (χ1v) is 7.88. The third-order valence-corrected chi connectivity index (χ3v) is 4.52. The molecule has 1 N–H and O–H groups in total. The molecule has 0 spiro atoms. The maximum absolute atomic E-state index is 12.7. The number of nitrogens with one attached hydrogen (secondary N) is 1. The zero-order valence-corrected chi connectivity index (χ0v) is 12.5. The third-order valence-electron chi connectivity index (χ3n) is 4.52. The van der Waals surface area contributed by atoms with E-state index in [9.17, 15) is 14.4 Å². The average Bonchev–Trinajstić information content (AvgIpc) is 2.53. The molecule has 1 aliphatic heterocycles. The van der Waals surface area contributed by atoms with Crippen LogP contribution in [0.25, 0.3) is 0 Å². The zero-order valence-electron chi connectivity index (χ0n) is 12.5. The van der Waals surface area contributed by atoms with E-state index in [1.807, 2.05) is 30.3 Å². The number of benzene rings is 1. The Morgan fingerprint density at radius 3 is 2.36 bits per heavy atom. The number of carbonyl (C=O) groups is 3. The Hall–Kier alpha value is -2.17. The number of hydrogen-bond acceptors (Lipinski definition) is 3. The highest BCUT2D eigenvalue weighted by Gasteiger charge is 2.43. The van der Waals surface area contributed by atoms with Crippen molar-refractivity contribution in [2.24, 2.45) is 5.92 Å². The lowest BCUT2D eigenvalue weighted by molar-refractivity contribution is -0.144. The molecule has 0 radical (unpaired) electrons. The van der Waals surface area contributed by atoms with Crippen LogP contribution in [-0.4, -0.2) is 28.8 Å². The SMILES string of the molecule is O=C1NC(=O)N(C2CCCCC2)C(=O)C1Cc1ccccc1. The maximum Gasteiger partial charge on any atom is 0.331 e. The fraction of sp³-hybridized carbons (Fsp3) is 0.471. The van der Waals surface area contributed by atoms with Gasteiger partial charge >= 0.3 is 6.03 Å². The van der Waals surface area contributed by atoms with Crippen LogP contribution in [0.5, 0.6) is 0 Å². The van der Waals surface area contributed by atoms with Gasteiger partial charge in [0.05, 0.1) is 0 Å². The molecular formula is C17H20N2O3. The topological polar surface area (TPSA) is 66.5 Å². The van der Waals surface area contributed by atoms with Crippen LogP contribution in [0.2, 0.25) is 0 Å². The van der Waals surface area contributed by atoms with Gasteiger partial charge < -0.3 is 0 Å². The molecule has 1 aliphatic carbocycles. The van der Waals surface area contributed by atoms with Crippen molar-refractivity contribution in [2.75, 3.05) is 0 Å². The Morgan fingerprint density at radius 1 is 1.00 bits per heavy atom. The van der Waals surface area contributed by atoms with E-state index in [1.54, 1.807) is 0 Å². The van der Waals surface area contributed by atoms with E-state index in [0.29, 0.717) is 6.42 Å². The second-order valence-electron chi connectivity index (χ2n) is 6.04. The van der Waals surface area contributed by atoms with Crippen LogP contribution in [0.1, 0.15) is 37.7 Å². The van der Waals surface area contributed by atoms with Gasteiger partial charge in [0.2, 0.25) is 11.8 Å². The quantitative estimate of drug-likeness (QED) is 0.871. The molecule has 0 aromatic heterocycles. The van der Waals surface area contributed by atoms with Crippen molar-refractivity contribution in [2.45, 2.75) is 44.6 Å². The summed E-state index contributed by atoms with van der Waals surface area (Å²) in [6.45, 7) is 0. The lowest BCUT2D eigenvalue weighted by atomic mass is 9.90. The van der Waals surface area contributed by atoms with Crippen molar-refractivity contribution in [1.82, 2.24) is 10.2 Å². The number of barbiturate groups is 1. The highest BCUT2D eigenvalue weighted by Crippen LogP contribution is 2.26. The molecule has 1 atom stereocenters. The lowest BCUT2D eigenvalue weighted by Gasteiger charge is -2.37. The molecule has 2 aliphatic rings. The predicted octanol–water partition coefficient (Wildman–Crippen LogP) is 2.26. The summed E-state index contributed by atoms with van der Waals surface area (Å²) in [5.74, 6) is -1.63. The monoisotopic (exact) mass is 300 g/mol. The second kappa shape index (κ2) is 6.30. The highest BCUT2D eigenvalue weighted by atomic mass is 16.2. The van der Waals surface area contributed by atoms with Gasteiger partial charge in [-0.15, -0.1) is 0 Å². The molecule has 2 fully saturated rings. The molecule has 1 aromatic carbocycles. The van der Waals surface area contributed by atoms with E-state index in [2.05, 4.69) is 5.32 Å². The van der Waals surface area contributed by atoms with Crippen LogP contribution < -0.4 is 5.32 Å².